The van der Waals surface area contributed by atoms with E-state index in [9.17, 15) is 4.79 Å². The lowest BCUT2D eigenvalue weighted by molar-refractivity contribution is -0.124. The predicted octanol–water partition coefficient (Wildman–Crippen LogP) is 4.09. The minimum absolute atomic E-state index is 0.0531. The van der Waals surface area contributed by atoms with Crippen LogP contribution in [-0.2, 0) is 11.3 Å². The maximum Gasteiger partial charge on any atom is 0.239 e. The van der Waals surface area contributed by atoms with E-state index < -0.39 is 0 Å². The normalized spacial score (nSPS) is 16.5. The summed E-state index contributed by atoms with van der Waals surface area (Å²) in [5.41, 5.74) is 2.59. The number of rotatable bonds is 4. The molecule has 0 atom stereocenters. The van der Waals surface area contributed by atoms with Crippen LogP contribution in [0.1, 0.15) is 18.2 Å². The minimum atomic E-state index is 0.0531. The molecule has 1 aliphatic rings. The van der Waals surface area contributed by atoms with Crippen molar-refractivity contribution in [1.29, 1.82) is 0 Å². The highest BCUT2D eigenvalue weighted by Crippen LogP contribution is 2.25. The van der Waals surface area contributed by atoms with Crippen LogP contribution in [0.25, 0.3) is 10.8 Å². The van der Waals surface area contributed by atoms with Gasteiger partial charge >= 0.3 is 0 Å². The van der Waals surface area contributed by atoms with Crippen molar-refractivity contribution in [3.05, 3.63) is 78.1 Å². The number of nitrogens with zero attached hydrogens (tertiary/aromatic N) is 4. The van der Waals surface area contributed by atoms with E-state index in [0.29, 0.717) is 23.2 Å². The van der Waals surface area contributed by atoms with Gasteiger partial charge in [0.15, 0.2) is 5.17 Å². The Balaban J connectivity index is 1.62. The molecule has 0 unspecified atom stereocenters. The lowest BCUT2D eigenvalue weighted by atomic mass is 10.0. The monoisotopic (exact) mass is 374 g/mol. The third-order valence-corrected chi connectivity index (χ3v) is 5.34. The number of fused-ring (bicyclic) bond motifs is 1. The molecule has 0 aliphatic carbocycles. The number of benzene rings is 2. The first-order valence-electron chi connectivity index (χ1n) is 8.66. The quantitative estimate of drug-likeness (QED) is 0.510. The average molecular weight is 374 g/mol. The molecule has 0 spiro atoms. The number of amidine groups is 1. The van der Waals surface area contributed by atoms with Crippen molar-refractivity contribution in [3.8, 4) is 0 Å². The van der Waals surface area contributed by atoms with E-state index in [2.05, 4.69) is 39.5 Å². The van der Waals surface area contributed by atoms with E-state index >= 15 is 0 Å². The number of amides is 1. The zero-order chi connectivity index (χ0) is 18.6. The maximum atomic E-state index is 12.4. The SMILES string of the molecule is C/C(=N\N=C1/SCC(=O)N1Cc1cccc2ccccc12)c1ccccn1. The molecule has 2 aromatic carbocycles. The molecule has 27 heavy (non-hydrogen) atoms. The van der Waals surface area contributed by atoms with Crippen molar-refractivity contribution in [1.82, 2.24) is 9.88 Å². The van der Waals surface area contributed by atoms with Crippen LogP contribution in [0, 0.1) is 0 Å². The zero-order valence-electron chi connectivity index (χ0n) is 14.9. The van der Waals surface area contributed by atoms with Gasteiger partial charge in [0.05, 0.1) is 23.7 Å². The number of thioether (sulfide) groups is 1. The lowest BCUT2D eigenvalue weighted by Crippen LogP contribution is -2.29. The van der Waals surface area contributed by atoms with Gasteiger partial charge in [-0.2, -0.15) is 5.10 Å². The second kappa shape index (κ2) is 7.72. The van der Waals surface area contributed by atoms with Gasteiger partial charge in [0.25, 0.3) is 0 Å². The summed E-state index contributed by atoms with van der Waals surface area (Å²) in [6.07, 6.45) is 1.72. The molecule has 1 saturated heterocycles. The maximum absolute atomic E-state index is 12.4. The fraction of sp³-hybridized carbons (Fsp3) is 0.143. The number of pyridine rings is 1. The van der Waals surface area contributed by atoms with Crippen LogP contribution >= 0.6 is 11.8 Å². The van der Waals surface area contributed by atoms with Gasteiger partial charge in [-0.25, -0.2) is 0 Å². The first kappa shape index (κ1) is 17.4. The Morgan fingerprint density at radius 1 is 1.11 bits per heavy atom. The second-order valence-electron chi connectivity index (χ2n) is 6.19. The first-order chi connectivity index (χ1) is 13.2. The molecule has 134 valence electrons. The first-order valence-corrected chi connectivity index (χ1v) is 9.64. The van der Waals surface area contributed by atoms with Crippen LogP contribution in [0.5, 0.6) is 0 Å². The van der Waals surface area contributed by atoms with Crippen LogP contribution in [0.15, 0.2) is 77.1 Å². The summed E-state index contributed by atoms with van der Waals surface area (Å²) in [6, 6.07) is 20.0. The molecule has 1 aliphatic heterocycles. The van der Waals surface area contributed by atoms with E-state index in [1.54, 1.807) is 11.1 Å². The Morgan fingerprint density at radius 3 is 2.78 bits per heavy atom. The van der Waals surface area contributed by atoms with Crippen molar-refractivity contribution in [3.63, 3.8) is 0 Å². The fourth-order valence-electron chi connectivity index (χ4n) is 2.97. The van der Waals surface area contributed by atoms with Crippen molar-refractivity contribution >= 4 is 39.3 Å². The number of carbonyl (C=O) groups is 1. The van der Waals surface area contributed by atoms with E-state index in [1.807, 2.05) is 43.3 Å². The molecule has 0 saturated carbocycles. The highest BCUT2D eigenvalue weighted by molar-refractivity contribution is 8.15. The van der Waals surface area contributed by atoms with E-state index in [1.165, 1.54) is 11.8 Å². The van der Waals surface area contributed by atoms with Crippen LogP contribution < -0.4 is 0 Å². The Hall–Kier alpha value is -2.99. The van der Waals surface area contributed by atoms with Crippen LogP contribution in [0.3, 0.4) is 0 Å². The van der Waals surface area contributed by atoms with Gasteiger partial charge < -0.3 is 0 Å². The van der Waals surface area contributed by atoms with Gasteiger partial charge in [-0.15, -0.1) is 5.10 Å². The fourth-order valence-corrected chi connectivity index (χ4v) is 3.80. The summed E-state index contributed by atoms with van der Waals surface area (Å²) >= 11 is 1.42. The Labute approximate surface area is 161 Å². The molecule has 3 aromatic rings. The number of aromatic nitrogens is 1. The van der Waals surface area contributed by atoms with Gasteiger partial charge in [0.2, 0.25) is 5.91 Å². The molecular formula is C21H18N4OS. The number of hydrogen-bond acceptors (Lipinski definition) is 5. The second-order valence-corrected chi connectivity index (χ2v) is 7.13. The molecule has 2 heterocycles. The van der Waals surface area contributed by atoms with Crippen molar-refractivity contribution in [2.24, 2.45) is 10.2 Å². The van der Waals surface area contributed by atoms with E-state index in [4.69, 9.17) is 0 Å². The van der Waals surface area contributed by atoms with E-state index in [-0.39, 0.29) is 5.91 Å². The molecule has 0 bridgehead atoms. The summed E-state index contributed by atoms with van der Waals surface area (Å²) < 4.78 is 0. The molecule has 0 radical (unpaired) electrons. The molecule has 5 nitrogen and oxygen atoms in total. The highest BCUT2D eigenvalue weighted by Gasteiger charge is 2.28. The molecular weight excluding hydrogens is 356 g/mol. The largest absolute Gasteiger partial charge is 0.285 e. The van der Waals surface area contributed by atoms with Crippen LogP contribution in [-0.4, -0.2) is 32.4 Å². The zero-order valence-corrected chi connectivity index (χ0v) is 15.7. The molecule has 1 amide bonds. The van der Waals surface area contributed by atoms with Crippen molar-refractivity contribution in [2.45, 2.75) is 13.5 Å². The summed E-state index contributed by atoms with van der Waals surface area (Å²) in [4.78, 5) is 18.4. The summed E-state index contributed by atoms with van der Waals surface area (Å²) in [5, 5.41) is 11.6. The van der Waals surface area contributed by atoms with Gasteiger partial charge in [0, 0.05) is 6.20 Å². The Bertz CT molecular complexity index is 1040. The number of carbonyl (C=O) groups excluding carboxylic acids is 1. The molecule has 6 heteroatoms. The van der Waals surface area contributed by atoms with Gasteiger partial charge in [-0.3, -0.25) is 14.7 Å². The van der Waals surface area contributed by atoms with Crippen LogP contribution in [0.2, 0.25) is 0 Å². The molecule has 1 fully saturated rings. The summed E-state index contributed by atoms with van der Waals surface area (Å²) in [5.74, 6) is 0.444. The Kier molecular flexibility index (Phi) is 4.98. The van der Waals surface area contributed by atoms with Gasteiger partial charge in [-0.1, -0.05) is 60.3 Å². The number of hydrogen-bond donors (Lipinski definition) is 0. The van der Waals surface area contributed by atoms with Gasteiger partial charge in [-0.05, 0) is 35.4 Å². The third kappa shape index (κ3) is 3.75. The average Bonchev–Trinajstić information content (AvgIpc) is 3.06. The summed E-state index contributed by atoms with van der Waals surface area (Å²) in [6.45, 7) is 2.35. The highest BCUT2D eigenvalue weighted by atomic mass is 32.2. The van der Waals surface area contributed by atoms with Crippen molar-refractivity contribution in [2.75, 3.05) is 5.75 Å². The predicted molar refractivity (Wildman–Crippen MR) is 111 cm³/mol. The molecule has 0 N–H and O–H groups in total. The standard InChI is InChI=1S/C21H18N4OS/c1-15(19-11-4-5-12-22-19)23-24-21-25(20(26)14-27-21)13-17-9-6-8-16-7-2-3-10-18(16)17/h2-12H,13-14H2,1H3/b23-15+,24-21-. The van der Waals surface area contributed by atoms with Gasteiger partial charge in [0.1, 0.15) is 0 Å². The smallest absolute Gasteiger partial charge is 0.239 e. The topological polar surface area (TPSA) is 57.9 Å². The Morgan fingerprint density at radius 2 is 1.93 bits per heavy atom. The summed E-state index contributed by atoms with van der Waals surface area (Å²) in [7, 11) is 0. The van der Waals surface area contributed by atoms with Crippen molar-refractivity contribution < 1.29 is 4.79 Å². The van der Waals surface area contributed by atoms with E-state index in [0.717, 1.165) is 22.0 Å². The molecule has 1 aromatic heterocycles. The minimum Gasteiger partial charge on any atom is -0.285 e. The van der Waals surface area contributed by atoms with Crippen LogP contribution in [0.4, 0.5) is 0 Å². The third-order valence-electron chi connectivity index (χ3n) is 4.39. The molecule has 4 rings (SSSR count). The lowest BCUT2D eigenvalue weighted by Gasteiger charge is -2.16.